The minimum atomic E-state index is -4.88. The summed E-state index contributed by atoms with van der Waals surface area (Å²) < 4.78 is 60.6. The maximum atomic E-state index is 13.7. The van der Waals surface area contributed by atoms with Gasteiger partial charge in [0.15, 0.2) is 0 Å². The number of aromatic nitrogens is 2. The number of furan rings is 1. The van der Waals surface area contributed by atoms with Crippen LogP contribution >= 0.6 is 0 Å². The summed E-state index contributed by atoms with van der Waals surface area (Å²) in [5.41, 5.74) is -0.271. The molecule has 0 fully saturated rings. The number of nitrogens with zero attached hydrogens (tertiary/aromatic N) is 2. The number of hydrogen-bond acceptors (Lipinski definition) is 4. The normalized spacial score (nSPS) is 11.9. The number of hydrogen-bond donors (Lipinski definition) is 2. The fourth-order valence-corrected chi connectivity index (χ4v) is 3.66. The molecule has 0 aliphatic carbocycles. The van der Waals surface area contributed by atoms with Gasteiger partial charge in [-0.15, -0.1) is 0 Å². The molecule has 2 aromatic heterocycles. The molecule has 0 saturated carbocycles. The molecule has 0 bridgehead atoms. The lowest BCUT2D eigenvalue weighted by atomic mass is 10.1. The summed E-state index contributed by atoms with van der Waals surface area (Å²) in [6.07, 6.45) is 2.09. The molecule has 0 radical (unpaired) electrons. The zero-order valence-electron chi connectivity index (χ0n) is 20.8. The summed E-state index contributed by atoms with van der Waals surface area (Å²) >= 11 is 0. The number of rotatable bonds is 9. The maximum Gasteiger partial charge on any atom is 0.419 e. The standard InChI is InChI=1S/C28H24F4N4O3/c1-18-3-5-19(6-4-18)26(37)35-24(27(38)34-11-2-13-36-14-12-33-17-36)16-21-8-10-25(39-21)20-7-9-23(29)22(15-20)28(30,31)32/h3-10,12,14-17H,2,11,13H2,1H3,(H,34,38)(H,35,37)/b24-16+. The van der Waals surface area contributed by atoms with E-state index in [9.17, 15) is 27.2 Å². The number of halogens is 4. The van der Waals surface area contributed by atoms with Gasteiger partial charge in [0, 0.05) is 42.7 Å². The Kier molecular flexibility index (Phi) is 8.28. The third kappa shape index (κ3) is 7.22. The molecule has 2 N–H and O–H groups in total. The van der Waals surface area contributed by atoms with Crippen molar-refractivity contribution in [2.45, 2.75) is 26.1 Å². The van der Waals surface area contributed by atoms with Crippen LogP contribution in [0, 0.1) is 12.7 Å². The second-order valence-electron chi connectivity index (χ2n) is 8.68. The maximum absolute atomic E-state index is 13.7. The van der Waals surface area contributed by atoms with Gasteiger partial charge in [-0.2, -0.15) is 13.2 Å². The molecule has 2 aromatic carbocycles. The van der Waals surface area contributed by atoms with Crippen LogP contribution in [0.2, 0.25) is 0 Å². The van der Waals surface area contributed by atoms with E-state index in [-0.39, 0.29) is 22.8 Å². The molecular weight excluding hydrogens is 516 g/mol. The van der Waals surface area contributed by atoms with Crippen molar-refractivity contribution >= 4 is 17.9 Å². The highest BCUT2D eigenvalue weighted by molar-refractivity contribution is 6.05. The third-order valence-electron chi connectivity index (χ3n) is 5.71. The van der Waals surface area contributed by atoms with Crippen molar-refractivity contribution in [1.29, 1.82) is 0 Å². The quantitative estimate of drug-likeness (QED) is 0.165. The van der Waals surface area contributed by atoms with Gasteiger partial charge in [-0.05, 0) is 55.8 Å². The average Bonchev–Trinajstić information content (AvgIpc) is 3.58. The van der Waals surface area contributed by atoms with Crippen LogP contribution in [0.1, 0.15) is 33.7 Å². The number of amides is 2. The van der Waals surface area contributed by atoms with Gasteiger partial charge in [-0.1, -0.05) is 17.7 Å². The minimum absolute atomic E-state index is 0.00225. The Balaban J connectivity index is 1.55. The number of benzene rings is 2. The Morgan fingerprint density at radius 2 is 1.85 bits per heavy atom. The Morgan fingerprint density at radius 1 is 1.08 bits per heavy atom. The highest BCUT2D eigenvalue weighted by atomic mass is 19.4. The molecule has 2 heterocycles. The molecule has 0 aliphatic rings. The second-order valence-corrected chi connectivity index (χ2v) is 8.68. The van der Waals surface area contributed by atoms with Crippen LogP contribution in [0.15, 0.2) is 83.4 Å². The molecule has 202 valence electrons. The Hall–Kier alpha value is -4.67. The van der Waals surface area contributed by atoms with Gasteiger partial charge in [0.25, 0.3) is 11.8 Å². The largest absolute Gasteiger partial charge is 0.457 e. The van der Waals surface area contributed by atoms with Crippen LogP contribution in [-0.2, 0) is 17.5 Å². The minimum Gasteiger partial charge on any atom is -0.457 e. The summed E-state index contributed by atoms with van der Waals surface area (Å²) in [7, 11) is 0. The van der Waals surface area contributed by atoms with Gasteiger partial charge in [0.05, 0.1) is 11.9 Å². The van der Waals surface area contributed by atoms with E-state index in [1.807, 2.05) is 11.5 Å². The lowest BCUT2D eigenvalue weighted by molar-refractivity contribution is -0.140. The lowest BCUT2D eigenvalue weighted by Crippen LogP contribution is -2.35. The van der Waals surface area contributed by atoms with Gasteiger partial charge in [-0.25, -0.2) is 9.37 Å². The molecule has 0 atom stereocenters. The molecule has 2 amide bonds. The van der Waals surface area contributed by atoms with Crippen molar-refractivity contribution in [2.75, 3.05) is 6.54 Å². The molecule has 4 aromatic rings. The predicted molar refractivity (Wildman–Crippen MR) is 136 cm³/mol. The molecule has 4 rings (SSSR count). The molecule has 0 spiro atoms. The fourth-order valence-electron chi connectivity index (χ4n) is 3.66. The molecule has 0 aliphatic heterocycles. The van der Waals surface area contributed by atoms with E-state index in [1.165, 1.54) is 18.2 Å². The van der Waals surface area contributed by atoms with Crippen LogP contribution in [0.4, 0.5) is 17.6 Å². The predicted octanol–water partition coefficient (Wildman–Crippen LogP) is 5.59. The van der Waals surface area contributed by atoms with E-state index in [0.29, 0.717) is 37.2 Å². The van der Waals surface area contributed by atoms with Gasteiger partial charge in [0.1, 0.15) is 23.0 Å². The highest BCUT2D eigenvalue weighted by Crippen LogP contribution is 2.34. The summed E-state index contributed by atoms with van der Waals surface area (Å²) in [5.74, 6) is -2.40. The number of alkyl halides is 3. The van der Waals surface area contributed by atoms with Crippen LogP contribution in [0.25, 0.3) is 17.4 Å². The van der Waals surface area contributed by atoms with Crippen LogP contribution in [-0.4, -0.2) is 27.9 Å². The van der Waals surface area contributed by atoms with E-state index >= 15 is 0 Å². The number of carbonyl (C=O) groups excluding carboxylic acids is 2. The summed E-state index contributed by atoms with van der Waals surface area (Å²) in [6.45, 7) is 2.79. The van der Waals surface area contributed by atoms with Crippen LogP contribution < -0.4 is 10.6 Å². The third-order valence-corrected chi connectivity index (χ3v) is 5.71. The van der Waals surface area contributed by atoms with E-state index < -0.39 is 29.4 Å². The highest BCUT2D eigenvalue weighted by Gasteiger charge is 2.34. The second kappa shape index (κ2) is 11.8. The van der Waals surface area contributed by atoms with Crippen molar-refractivity contribution in [3.63, 3.8) is 0 Å². The van der Waals surface area contributed by atoms with Crippen molar-refractivity contribution in [3.05, 3.63) is 107 Å². The van der Waals surface area contributed by atoms with Crippen molar-refractivity contribution < 1.29 is 31.6 Å². The van der Waals surface area contributed by atoms with Crippen molar-refractivity contribution in [3.8, 4) is 11.3 Å². The average molecular weight is 541 g/mol. The van der Waals surface area contributed by atoms with E-state index in [0.717, 1.165) is 11.6 Å². The Labute approximate surface area is 221 Å². The van der Waals surface area contributed by atoms with Crippen molar-refractivity contribution in [2.24, 2.45) is 0 Å². The zero-order valence-corrected chi connectivity index (χ0v) is 20.8. The SMILES string of the molecule is Cc1ccc(C(=O)N/C(=C/c2ccc(-c3ccc(F)c(C(F)(F)F)c3)o2)C(=O)NCCCn2ccnc2)cc1. The molecule has 0 saturated heterocycles. The van der Waals surface area contributed by atoms with E-state index in [2.05, 4.69) is 15.6 Å². The molecule has 0 unspecified atom stereocenters. The molecule has 11 heteroatoms. The molecule has 39 heavy (non-hydrogen) atoms. The van der Waals surface area contributed by atoms with Gasteiger partial charge in [0.2, 0.25) is 0 Å². The van der Waals surface area contributed by atoms with Crippen LogP contribution in [0.5, 0.6) is 0 Å². The fraction of sp³-hybridized carbons (Fsp3) is 0.179. The van der Waals surface area contributed by atoms with Gasteiger partial charge >= 0.3 is 6.18 Å². The first-order chi connectivity index (χ1) is 18.6. The van der Waals surface area contributed by atoms with Gasteiger partial charge < -0.3 is 19.6 Å². The molecular formula is C28H24F4N4O3. The number of nitrogens with one attached hydrogen (secondary N) is 2. The van der Waals surface area contributed by atoms with E-state index in [1.54, 1.807) is 43.0 Å². The summed E-state index contributed by atoms with van der Waals surface area (Å²) in [4.78, 5) is 29.8. The topological polar surface area (TPSA) is 89.2 Å². The first-order valence-electron chi connectivity index (χ1n) is 11.9. The number of imidazole rings is 1. The first-order valence-corrected chi connectivity index (χ1v) is 11.9. The summed E-state index contributed by atoms with van der Waals surface area (Å²) in [6, 6.07) is 12.1. The Bertz CT molecular complexity index is 1470. The monoisotopic (exact) mass is 540 g/mol. The smallest absolute Gasteiger partial charge is 0.419 e. The number of aryl methyl sites for hydroxylation is 2. The lowest BCUT2D eigenvalue weighted by Gasteiger charge is -2.11. The van der Waals surface area contributed by atoms with Crippen LogP contribution in [0.3, 0.4) is 0 Å². The zero-order chi connectivity index (χ0) is 28.0. The van der Waals surface area contributed by atoms with E-state index in [4.69, 9.17) is 4.42 Å². The summed E-state index contributed by atoms with van der Waals surface area (Å²) in [5, 5.41) is 5.31. The van der Waals surface area contributed by atoms with Crippen molar-refractivity contribution in [1.82, 2.24) is 20.2 Å². The van der Waals surface area contributed by atoms with Gasteiger partial charge in [-0.3, -0.25) is 9.59 Å². The Morgan fingerprint density at radius 3 is 2.54 bits per heavy atom. The number of carbonyl (C=O) groups is 2. The first kappa shape index (κ1) is 27.4. The molecule has 7 nitrogen and oxygen atoms in total.